The molecule has 31 heavy (non-hydrogen) atoms. The van der Waals surface area contributed by atoms with Crippen molar-refractivity contribution in [3.05, 3.63) is 58.9 Å². The highest BCUT2D eigenvalue weighted by atomic mass is 35.5. The number of hydrogen-bond donors (Lipinski definition) is 2. The van der Waals surface area contributed by atoms with Crippen molar-refractivity contribution in [3.63, 3.8) is 0 Å². The Morgan fingerprint density at radius 3 is 2.71 bits per heavy atom. The molecule has 8 nitrogen and oxygen atoms in total. The van der Waals surface area contributed by atoms with Gasteiger partial charge in [0.2, 0.25) is 27.6 Å². The standard InChI is InChI=1S/C21H21ClN4O4S/c1-12-6-7-15(19-24-21(30-25-19)14-8-9-14)10-18(12)31(28,29)26-13(2)20(27)23-17-5-3-4-16(22)11-17/h3-7,10-11,13-14,26H,8-9H2,1-2H3,(H,23,27)/t13-/m1/s1. The maximum Gasteiger partial charge on any atom is 0.242 e. The lowest BCUT2D eigenvalue weighted by Crippen LogP contribution is -2.41. The van der Waals surface area contributed by atoms with Gasteiger partial charge in [-0.3, -0.25) is 4.79 Å². The number of benzene rings is 2. The van der Waals surface area contributed by atoms with Crippen LogP contribution in [-0.4, -0.2) is 30.5 Å². The van der Waals surface area contributed by atoms with Crippen LogP contribution in [-0.2, 0) is 14.8 Å². The fraction of sp³-hybridized carbons (Fsp3) is 0.286. The zero-order chi connectivity index (χ0) is 22.2. The van der Waals surface area contributed by atoms with E-state index in [-0.39, 0.29) is 4.90 Å². The third-order valence-electron chi connectivity index (χ3n) is 4.92. The van der Waals surface area contributed by atoms with Crippen molar-refractivity contribution in [3.8, 4) is 11.4 Å². The number of anilines is 1. The van der Waals surface area contributed by atoms with E-state index >= 15 is 0 Å². The second-order valence-corrected chi connectivity index (χ2v) is 9.67. The van der Waals surface area contributed by atoms with Crippen molar-refractivity contribution in [2.45, 2.75) is 43.5 Å². The first kappa shape index (κ1) is 21.5. The molecule has 0 aliphatic heterocycles. The lowest BCUT2D eigenvalue weighted by Gasteiger charge is -2.16. The Morgan fingerprint density at radius 2 is 2.00 bits per heavy atom. The van der Waals surface area contributed by atoms with Crippen LogP contribution >= 0.6 is 11.6 Å². The Bertz CT molecular complexity index is 1240. The molecule has 1 atom stereocenters. The number of carbonyl (C=O) groups excluding carboxylic acids is 1. The average molecular weight is 461 g/mol. The predicted octanol–water partition coefficient (Wildman–Crippen LogP) is 3.88. The molecule has 2 N–H and O–H groups in total. The Kier molecular flexibility index (Phi) is 5.83. The summed E-state index contributed by atoms with van der Waals surface area (Å²) in [6.07, 6.45) is 2.04. The van der Waals surface area contributed by atoms with Crippen LogP contribution in [0.1, 0.15) is 37.1 Å². The molecule has 0 unspecified atom stereocenters. The topological polar surface area (TPSA) is 114 Å². The molecule has 1 amide bonds. The molecule has 4 rings (SSSR count). The molecule has 0 saturated heterocycles. The van der Waals surface area contributed by atoms with Crippen LogP contribution in [0.15, 0.2) is 51.9 Å². The highest BCUT2D eigenvalue weighted by Gasteiger charge is 2.30. The zero-order valence-corrected chi connectivity index (χ0v) is 18.5. The summed E-state index contributed by atoms with van der Waals surface area (Å²) < 4.78 is 33.7. The van der Waals surface area contributed by atoms with Gasteiger partial charge in [0.1, 0.15) is 0 Å². The number of aromatic nitrogens is 2. The fourth-order valence-corrected chi connectivity index (χ4v) is 4.71. The SMILES string of the molecule is Cc1ccc(-c2noc(C3CC3)n2)cc1S(=O)(=O)N[C@H](C)C(=O)Nc1cccc(Cl)c1. The largest absolute Gasteiger partial charge is 0.339 e. The molecule has 10 heteroatoms. The van der Waals surface area contributed by atoms with E-state index in [1.807, 2.05) is 0 Å². The molecule has 1 aliphatic rings. The third kappa shape index (κ3) is 4.95. The Labute approximate surface area is 185 Å². The minimum absolute atomic E-state index is 0.0465. The van der Waals surface area contributed by atoms with Gasteiger partial charge in [0.05, 0.1) is 10.9 Å². The van der Waals surface area contributed by atoms with Crippen LogP contribution in [0.3, 0.4) is 0 Å². The summed E-state index contributed by atoms with van der Waals surface area (Å²) in [4.78, 5) is 16.9. The second-order valence-electron chi connectivity index (χ2n) is 7.55. The summed E-state index contributed by atoms with van der Waals surface area (Å²) in [6.45, 7) is 3.15. The monoisotopic (exact) mass is 460 g/mol. The lowest BCUT2D eigenvalue weighted by molar-refractivity contribution is -0.117. The summed E-state index contributed by atoms with van der Waals surface area (Å²) >= 11 is 5.92. The maximum atomic E-state index is 13.0. The minimum atomic E-state index is -3.99. The van der Waals surface area contributed by atoms with E-state index in [0.717, 1.165) is 12.8 Å². The summed E-state index contributed by atoms with van der Waals surface area (Å²) in [5.74, 6) is 0.705. The van der Waals surface area contributed by atoms with E-state index in [9.17, 15) is 13.2 Å². The third-order valence-corrected chi connectivity index (χ3v) is 6.84. The highest BCUT2D eigenvalue weighted by Crippen LogP contribution is 2.39. The van der Waals surface area contributed by atoms with E-state index in [2.05, 4.69) is 20.2 Å². The molecule has 162 valence electrons. The number of carbonyl (C=O) groups is 1. The quantitative estimate of drug-likeness (QED) is 0.553. The highest BCUT2D eigenvalue weighted by molar-refractivity contribution is 7.89. The van der Waals surface area contributed by atoms with Crippen LogP contribution in [0.4, 0.5) is 5.69 Å². The van der Waals surface area contributed by atoms with Gasteiger partial charge in [0.15, 0.2) is 0 Å². The molecule has 3 aromatic rings. The van der Waals surface area contributed by atoms with Crippen molar-refractivity contribution in [2.75, 3.05) is 5.32 Å². The second kappa shape index (κ2) is 8.41. The summed E-state index contributed by atoms with van der Waals surface area (Å²) in [5.41, 5.74) is 1.53. The number of hydrogen-bond acceptors (Lipinski definition) is 6. The molecular formula is C21H21ClN4O4S. The number of halogens is 1. The van der Waals surface area contributed by atoms with Gasteiger partial charge in [-0.05, 0) is 56.5 Å². The van der Waals surface area contributed by atoms with Crippen molar-refractivity contribution in [1.82, 2.24) is 14.9 Å². The Hall–Kier alpha value is -2.75. The van der Waals surface area contributed by atoms with E-state index in [4.69, 9.17) is 16.1 Å². The lowest BCUT2D eigenvalue weighted by atomic mass is 10.1. The molecule has 1 heterocycles. The molecule has 1 aromatic heterocycles. The molecule has 1 aliphatic carbocycles. The van der Waals surface area contributed by atoms with Gasteiger partial charge >= 0.3 is 0 Å². The molecule has 1 fully saturated rings. The summed E-state index contributed by atoms with van der Waals surface area (Å²) in [5, 5.41) is 7.08. The zero-order valence-electron chi connectivity index (χ0n) is 16.9. The number of amides is 1. The molecule has 2 aromatic carbocycles. The number of nitrogens with zero attached hydrogens (tertiary/aromatic N) is 2. The molecular weight excluding hydrogens is 440 g/mol. The van der Waals surface area contributed by atoms with Crippen molar-refractivity contribution < 1.29 is 17.7 Å². The van der Waals surface area contributed by atoms with Gasteiger partial charge < -0.3 is 9.84 Å². The smallest absolute Gasteiger partial charge is 0.242 e. The predicted molar refractivity (Wildman–Crippen MR) is 116 cm³/mol. The van der Waals surface area contributed by atoms with Crippen LogP contribution in [0, 0.1) is 6.92 Å². The molecule has 0 bridgehead atoms. The van der Waals surface area contributed by atoms with Crippen molar-refractivity contribution >= 4 is 33.2 Å². The maximum absolute atomic E-state index is 13.0. The Morgan fingerprint density at radius 1 is 1.23 bits per heavy atom. The summed E-state index contributed by atoms with van der Waals surface area (Å²) in [6, 6.07) is 10.5. The number of sulfonamides is 1. The van der Waals surface area contributed by atoms with E-state index in [1.54, 1.807) is 43.3 Å². The van der Waals surface area contributed by atoms with Crippen LogP contribution in [0.25, 0.3) is 11.4 Å². The van der Waals surface area contributed by atoms with Gasteiger partial charge in [-0.15, -0.1) is 0 Å². The van der Waals surface area contributed by atoms with E-state index < -0.39 is 22.0 Å². The normalized spacial score (nSPS) is 14.9. The first-order valence-corrected chi connectivity index (χ1v) is 11.6. The number of nitrogens with one attached hydrogen (secondary N) is 2. The minimum Gasteiger partial charge on any atom is -0.339 e. The first-order chi connectivity index (χ1) is 14.7. The van der Waals surface area contributed by atoms with Gasteiger partial charge in [0, 0.05) is 22.2 Å². The molecule has 0 radical (unpaired) electrons. The van der Waals surface area contributed by atoms with Gasteiger partial charge in [-0.25, -0.2) is 8.42 Å². The number of rotatable bonds is 7. The van der Waals surface area contributed by atoms with E-state index in [1.165, 1.54) is 13.0 Å². The molecule has 0 spiro atoms. The van der Waals surface area contributed by atoms with E-state index in [0.29, 0.717) is 39.5 Å². The summed E-state index contributed by atoms with van der Waals surface area (Å²) in [7, 11) is -3.99. The van der Waals surface area contributed by atoms with Crippen molar-refractivity contribution in [1.29, 1.82) is 0 Å². The van der Waals surface area contributed by atoms with Gasteiger partial charge in [-0.1, -0.05) is 35.0 Å². The van der Waals surface area contributed by atoms with Crippen LogP contribution in [0.5, 0.6) is 0 Å². The fourth-order valence-electron chi connectivity index (χ4n) is 3.04. The Balaban J connectivity index is 1.52. The van der Waals surface area contributed by atoms with Crippen LogP contribution in [0.2, 0.25) is 5.02 Å². The van der Waals surface area contributed by atoms with Gasteiger partial charge in [0.25, 0.3) is 0 Å². The van der Waals surface area contributed by atoms with Gasteiger partial charge in [-0.2, -0.15) is 9.71 Å². The van der Waals surface area contributed by atoms with Crippen LogP contribution < -0.4 is 10.0 Å². The average Bonchev–Trinajstić information content (AvgIpc) is 3.45. The first-order valence-electron chi connectivity index (χ1n) is 9.76. The van der Waals surface area contributed by atoms with Crippen molar-refractivity contribution in [2.24, 2.45) is 0 Å². The number of aryl methyl sites for hydroxylation is 1. The molecule has 1 saturated carbocycles.